The van der Waals surface area contributed by atoms with Crippen molar-refractivity contribution in [3.05, 3.63) is 23.7 Å². The molecule has 15 heavy (non-hydrogen) atoms. The van der Waals surface area contributed by atoms with Crippen molar-refractivity contribution in [2.45, 2.75) is 17.9 Å². The molecule has 1 N–H and O–H groups in total. The molecule has 0 radical (unpaired) electrons. The average Bonchev–Trinajstić information content (AvgIpc) is 2.72. The number of aliphatic hydroxyl groups is 1. The van der Waals surface area contributed by atoms with Gasteiger partial charge in [0.15, 0.2) is 0 Å². The van der Waals surface area contributed by atoms with E-state index < -0.39 is 5.97 Å². The first-order valence-corrected chi connectivity index (χ1v) is 5.61. The zero-order valence-electron chi connectivity index (χ0n) is 8.73. The van der Waals surface area contributed by atoms with E-state index in [0.717, 1.165) is 0 Å². The molecule has 0 saturated carbocycles. The number of hydrogen-bond donors (Lipinski definition) is 1. The van der Waals surface area contributed by atoms with Gasteiger partial charge in [0.05, 0.1) is 25.7 Å². The quantitative estimate of drug-likeness (QED) is 0.780. The van der Waals surface area contributed by atoms with Crippen LogP contribution in [0.4, 0.5) is 0 Å². The fourth-order valence-corrected chi connectivity index (χ4v) is 1.78. The molecule has 0 aliphatic rings. The van der Waals surface area contributed by atoms with Crippen molar-refractivity contribution in [1.82, 2.24) is 0 Å². The minimum Gasteiger partial charge on any atom is -0.468 e. The van der Waals surface area contributed by atoms with Gasteiger partial charge in [0.2, 0.25) is 0 Å². The summed E-state index contributed by atoms with van der Waals surface area (Å²) in [6.07, 6.45) is 1.46. The van der Waals surface area contributed by atoms with Crippen molar-refractivity contribution in [1.29, 1.82) is 0 Å². The SMILES string of the molecule is COC(=O)c1ccoc1CSC(C)CO. The van der Waals surface area contributed by atoms with E-state index in [0.29, 0.717) is 17.1 Å². The number of rotatable bonds is 5. The molecular formula is C10H14O4S. The summed E-state index contributed by atoms with van der Waals surface area (Å²) >= 11 is 1.52. The molecular weight excluding hydrogens is 216 g/mol. The maximum Gasteiger partial charge on any atom is 0.341 e. The van der Waals surface area contributed by atoms with E-state index in [-0.39, 0.29) is 11.9 Å². The highest BCUT2D eigenvalue weighted by molar-refractivity contribution is 7.99. The minimum absolute atomic E-state index is 0.110. The van der Waals surface area contributed by atoms with Gasteiger partial charge in [-0.1, -0.05) is 6.92 Å². The van der Waals surface area contributed by atoms with Crippen LogP contribution in [0.1, 0.15) is 23.0 Å². The minimum atomic E-state index is -0.393. The van der Waals surface area contributed by atoms with E-state index in [1.807, 2.05) is 6.92 Å². The van der Waals surface area contributed by atoms with Gasteiger partial charge in [0.25, 0.3) is 0 Å². The van der Waals surface area contributed by atoms with Gasteiger partial charge in [-0.3, -0.25) is 0 Å². The standard InChI is InChI=1S/C10H14O4S/c1-7(5-11)15-6-9-8(3-4-14-9)10(12)13-2/h3-4,7,11H,5-6H2,1-2H3. The number of furan rings is 1. The van der Waals surface area contributed by atoms with Crippen LogP contribution in [-0.4, -0.2) is 30.0 Å². The summed E-state index contributed by atoms with van der Waals surface area (Å²) in [4.78, 5) is 11.3. The highest BCUT2D eigenvalue weighted by atomic mass is 32.2. The lowest BCUT2D eigenvalue weighted by molar-refractivity contribution is 0.0598. The fraction of sp³-hybridized carbons (Fsp3) is 0.500. The number of ether oxygens (including phenoxy) is 1. The molecule has 0 saturated heterocycles. The smallest absolute Gasteiger partial charge is 0.341 e. The number of esters is 1. The third-order valence-corrected chi connectivity index (χ3v) is 3.05. The van der Waals surface area contributed by atoms with E-state index in [2.05, 4.69) is 4.74 Å². The lowest BCUT2D eigenvalue weighted by Crippen LogP contribution is -2.05. The van der Waals surface area contributed by atoms with Gasteiger partial charge < -0.3 is 14.3 Å². The molecule has 1 atom stereocenters. The number of carbonyl (C=O) groups is 1. The van der Waals surface area contributed by atoms with Gasteiger partial charge in [0, 0.05) is 5.25 Å². The predicted molar refractivity (Wildman–Crippen MR) is 57.9 cm³/mol. The van der Waals surface area contributed by atoms with Crippen molar-refractivity contribution in [2.75, 3.05) is 13.7 Å². The first-order chi connectivity index (χ1) is 7.19. The Kier molecular flexibility index (Phi) is 4.71. The van der Waals surface area contributed by atoms with E-state index >= 15 is 0 Å². The van der Waals surface area contributed by atoms with Crippen molar-refractivity contribution >= 4 is 17.7 Å². The first-order valence-electron chi connectivity index (χ1n) is 4.56. The molecule has 0 aliphatic carbocycles. The molecule has 4 nitrogen and oxygen atoms in total. The van der Waals surface area contributed by atoms with Gasteiger partial charge in [-0.15, -0.1) is 11.8 Å². The van der Waals surface area contributed by atoms with E-state index in [4.69, 9.17) is 9.52 Å². The second-order valence-electron chi connectivity index (χ2n) is 3.05. The number of methoxy groups -OCH3 is 1. The Morgan fingerprint density at radius 3 is 3.07 bits per heavy atom. The zero-order chi connectivity index (χ0) is 11.3. The van der Waals surface area contributed by atoms with Crippen molar-refractivity contribution in [3.63, 3.8) is 0 Å². The summed E-state index contributed by atoms with van der Waals surface area (Å²) in [7, 11) is 1.34. The maximum atomic E-state index is 11.3. The Hall–Kier alpha value is -0.940. The Bertz CT molecular complexity index is 321. The molecule has 0 fully saturated rings. The van der Waals surface area contributed by atoms with Crippen LogP contribution in [0, 0.1) is 0 Å². The van der Waals surface area contributed by atoms with Gasteiger partial charge in [-0.2, -0.15) is 0 Å². The number of carbonyl (C=O) groups excluding carboxylic acids is 1. The zero-order valence-corrected chi connectivity index (χ0v) is 9.54. The third-order valence-electron chi connectivity index (χ3n) is 1.91. The number of aliphatic hydroxyl groups excluding tert-OH is 1. The summed E-state index contributed by atoms with van der Waals surface area (Å²) in [6.45, 7) is 2.02. The van der Waals surface area contributed by atoms with Crippen LogP contribution in [0.5, 0.6) is 0 Å². The molecule has 0 aliphatic heterocycles. The molecule has 5 heteroatoms. The number of thioether (sulfide) groups is 1. The lowest BCUT2D eigenvalue weighted by atomic mass is 10.3. The Labute approximate surface area is 92.6 Å². The summed E-state index contributed by atoms with van der Waals surface area (Å²) in [5.74, 6) is 0.752. The molecule has 1 heterocycles. The maximum absolute atomic E-state index is 11.3. The normalized spacial score (nSPS) is 12.5. The van der Waals surface area contributed by atoms with Crippen LogP contribution in [0.25, 0.3) is 0 Å². The summed E-state index contributed by atoms with van der Waals surface area (Å²) < 4.78 is 9.79. The van der Waals surface area contributed by atoms with Gasteiger partial charge in [-0.25, -0.2) is 4.79 Å². The Balaban J connectivity index is 2.61. The van der Waals surface area contributed by atoms with Crippen LogP contribution >= 0.6 is 11.8 Å². The van der Waals surface area contributed by atoms with Gasteiger partial charge in [0.1, 0.15) is 11.3 Å². The predicted octanol–water partition coefficient (Wildman–Crippen LogP) is 1.68. The third kappa shape index (κ3) is 3.28. The second-order valence-corrected chi connectivity index (χ2v) is 4.48. The Morgan fingerprint density at radius 1 is 1.73 bits per heavy atom. The van der Waals surface area contributed by atoms with Gasteiger partial charge >= 0.3 is 5.97 Å². The van der Waals surface area contributed by atoms with Crippen molar-refractivity contribution in [3.8, 4) is 0 Å². The monoisotopic (exact) mass is 230 g/mol. The molecule has 1 aromatic rings. The molecule has 0 spiro atoms. The molecule has 1 rings (SSSR count). The van der Waals surface area contributed by atoms with E-state index in [1.165, 1.54) is 25.1 Å². The fourth-order valence-electron chi connectivity index (χ4n) is 1.01. The highest BCUT2D eigenvalue weighted by Gasteiger charge is 2.15. The second kappa shape index (κ2) is 5.82. The van der Waals surface area contributed by atoms with Crippen molar-refractivity contribution in [2.24, 2.45) is 0 Å². The van der Waals surface area contributed by atoms with Crippen LogP contribution in [-0.2, 0) is 10.5 Å². The lowest BCUT2D eigenvalue weighted by Gasteiger charge is -2.06. The number of hydrogen-bond acceptors (Lipinski definition) is 5. The molecule has 0 bridgehead atoms. The van der Waals surface area contributed by atoms with Gasteiger partial charge in [-0.05, 0) is 6.07 Å². The Morgan fingerprint density at radius 2 is 2.47 bits per heavy atom. The van der Waals surface area contributed by atoms with Crippen LogP contribution in [0.15, 0.2) is 16.7 Å². The van der Waals surface area contributed by atoms with Crippen LogP contribution < -0.4 is 0 Å². The molecule has 1 unspecified atom stereocenters. The van der Waals surface area contributed by atoms with E-state index in [1.54, 1.807) is 6.07 Å². The highest BCUT2D eigenvalue weighted by Crippen LogP contribution is 2.21. The van der Waals surface area contributed by atoms with Crippen LogP contribution in [0.3, 0.4) is 0 Å². The average molecular weight is 230 g/mol. The molecule has 0 amide bonds. The van der Waals surface area contributed by atoms with E-state index in [9.17, 15) is 4.79 Å². The molecule has 1 aromatic heterocycles. The topological polar surface area (TPSA) is 59.7 Å². The summed E-state index contributed by atoms with van der Waals surface area (Å²) in [5, 5.41) is 8.97. The van der Waals surface area contributed by atoms with Crippen LogP contribution in [0.2, 0.25) is 0 Å². The molecule has 0 aromatic carbocycles. The summed E-state index contributed by atoms with van der Waals surface area (Å²) in [6, 6.07) is 1.59. The largest absolute Gasteiger partial charge is 0.468 e. The molecule has 84 valence electrons. The van der Waals surface area contributed by atoms with Crippen molar-refractivity contribution < 1.29 is 19.1 Å². The summed E-state index contributed by atoms with van der Waals surface area (Å²) in [5.41, 5.74) is 0.454. The first kappa shape index (κ1) is 12.1.